The first-order chi connectivity index (χ1) is 11.5. The van der Waals surface area contributed by atoms with Crippen molar-refractivity contribution in [3.05, 3.63) is 51.2 Å². The lowest BCUT2D eigenvalue weighted by molar-refractivity contribution is -0.384. The van der Waals surface area contributed by atoms with Crippen molar-refractivity contribution in [3.63, 3.8) is 0 Å². The van der Waals surface area contributed by atoms with Crippen molar-refractivity contribution in [2.75, 3.05) is 18.9 Å². The summed E-state index contributed by atoms with van der Waals surface area (Å²) in [4.78, 5) is 22.5. The second-order valence-electron chi connectivity index (χ2n) is 5.33. The van der Waals surface area contributed by atoms with Gasteiger partial charge >= 0.3 is 5.69 Å². The number of nitro groups is 1. The molecule has 1 aromatic carbocycles. The number of aromatic nitrogens is 2. The number of aryl methyl sites for hydroxylation is 2. The number of benzene rings is 1. The van der Waals surface area contributed by atoms with E-state index >= 15 is 0 Å². The lowest BCUT2D eigenvalue weighted by atomic mass is 10.1. The molecule has 0 aliphatic rings. The first kappa shape index (κ1) is 17.5. The Morgan fingerprint density at radius 3 is 2.79 bits per heavy atom. The molecule has 1 heterocycles. The van der Waals surface area contributed by atoms with Gasteiger partial charge in [0.25, 0.3) is 5.91 Å². The highest BCUT2D eigenvalue weighted by atomic mass is 16.6. The number of hydrogen-bond acceptors (Lipinski definition) is 5. The van der Waals surface area contributed by atoms with Gasteiger partial charge in [-0.05, 0) is 30.5 Å². The van der Waals surface area contributed by atoms with Crippen LogP contribution in [0.5, 0.6) is 0 Å². The van der Waals surface area contributed by atoms with E-state index in [-0.39, 0.29) is 11.6 Å². The van der Waals surface area contributed by atoms with Crippen LogP contribution in [0.15, 0.2) is 24.3 Å². The first-order valence-corrected chi connectivity index (χ1v) is 7.73. The van der Waals surface area contributed by atoms with Gasteiger partial charge in [-0.15, -0.1) is 0 Å². The van der Waals surface area contributed by atoms with E-state index in [0.717, 1.165) is 5.56 Å². The van der Waals surface area contributed by atoms with Gasteiger partial charge in [-0.2, -0.15) is 5.10 Å². The van der Waals surface area contributed by atoms with E-state index < -0.39 is 4.92 Å². The van der Waals surface area contributed by atoms with Crippen LogP contribution in [0.2, 0.25) is 0 Å². The molecule has 8 heteroatoms. The summed E-state index contributed by atoms with van der Waals surface area (Å²) in [5.74, 6) is 0.263. The van der Waals surface area contributed by atoms with E-state index in [1.807, 2.05) is 25.1 Å². The highest BCUT2D eigenvalue weighted by molar-refractivity contribution is 5.94. The van der Waals surface area contributed by atoms with Gasteiger partial charge in [-0.1, -0.05) is 19.1 Å². The summed E-state index contributed by atoms with van der Waals surface area (Å²) >= 11 is 0. The highest BCUT2D eigenvalue weighted by Gasteiger charge is 2.25. The minimum absolute atomic E-state index is 0.0270. The van der Waals surface area contributed by atoms with Gasteiger partial charge in [0.2, 0.25) is 5.82 Å². The van der Waals surface area contributed by atoms with Crippen molar-refractivity contribution in [2.24, 2.45) is 7.05 Å². The summed E-state index contributed by atoms with van der Waals surface area (Å²) < 4.78 is 1.50. The number of carbonyl (C=O) groups is 1. The van der Waals surface area contributed by atoms with E-state index in [2.05, 4.69) is 15.7 Å². The summed E-state index contributed by atoms with van der Waals surface area (Å²) in [6, 6.07) is 7.30. The molecular formula is C16H21N5O3. The van der Waals surface area contributed by atoms with Crippen LogP contribution in [0.1, 0.15) is 28.5 Å². The molecule has 2 rings (SSSR count). The molecule has 0 aliphatic heterocycles. The third-order valence-corrected chi connectivity index (χ3v) is 3.73. The number of carbonyl (C=O) groups excluding carboxylic acids is 1. The summed E-state index contributed by atoms with van der Waals surface area (Å²) in [5.41, 5.74) is 2.06. The number of nitrogens with one attached hydrogen (secondary N) is 2. The van der Waals surface area contributed by atoms with Crippen LogP contribution in [0.25, 0.3) is 0 Å². The molecule has 24 heavy (non-hydrogen) atoms. The summed E-state index contributed by atoms with van der Waals surface area (Å²) in [6.07, 6.45) is 1.13. The molecule has 1 amide bonds. The predicted octanol–water partition coefficient (Wildman–Crippen LogP) is 1.90. The number of rotatable bonds is 7. The molecule has 0 saturated carbocycles. The molecular weight excluding hydrogens is 310 g/mol. The van der Waals surface area contributed by atoms with Crippen LogP contribution in [0.3, 0.4) is 0 Å². The van der Waals surface area contributed by atoms with E-state index in [1.165, 1.54) is 4.68 Å². The predicted molar refractivity (Wildman–Crippen MR) is 91.3 cm³/mol. The Balaban J connectivity index is 2.09. The third kappa shape index (κ3) is 3.70. The van der Waals surface area contributed by atoms with Crippen LogP contribution in [0.4, 0.5) is 11.5 Å². The maximum atomic E-state index is 11.6. The normalized spacial score (nSPS) is 10.5. The zero-order chi connectivity index (χ0) is 17.7. The second kappa shape index (κ2) is 7.58. The Labute approximate surface area is 140 Å². The van der Waals surface area contributed by atoms with Crippen LogP contribution in [0, 0.1) is 10.1 Å². The van der Waals surface area contributed by atoms with Crippen molar-refractivity contribution < 1.29 is 9.72 Å². The molecule has 8 nitrogen and oxygen atoms in total. The molecule has 0 radical (unpaired) electrons. The average Bonchev–Trinajstić information content (AvgIpc) is 2.90. The quantitative estimate of drug-likeness (QED) is 0.596. The van der Waals surface area contributed by atoms with Gasteiger partial charge in [-0.3, -0.25) is 14.9 Å². The second-order valence-corrected chi connectivity index (χ2v) is 5.33. The Bertz CT molecular complexity index is 754. The lowest BCUT2D eigenvalue weighted by Crippen LogP contribution is -2.18. The Hall–Kier alpha value is -2.90. The number of hydrogen-bond donors (Lipinski definition) is 2. The molecule has 0 spiro atoms. The standard InChI is InChI=1S/C16H21N5O3/c1-4-13-14(21(23)24)15(20(3)19-13)18-9-8-11-6-5-7-12(10-11)16(22)17-2/h5-7,10,18H,4,8-9H2,1-3H3,(H,17,22). The van der Waals surface area contributed by atoms with Gasteiger partial charge in [0, 0.05) is 26.2 Å². The van der Waals surface area contributed by atoms with Gasteiger partial charge in [-0.25, -0.2) is 4.68 Å². The van der Waals surface area contributed by atoms with Crippen molar-refractivity contribution in [1.82, 2.24) is 15.1 Å². The Kier molecular flexibility index (Phi) is 5.51. The SMILES string of the molecule is CCc1nn(C)c(NCCc2cccc(C(=O)NC)c2)c1[N+](=O)[O-]. The fourth-order valence-electron chi connectivity index (χ4n) is 2.53. The lowest BCUT2D eigenvalue weighted by Gasteiger charge is -2.07. The Morgan fingerprint density at radius 2 is 2.17 bits per heavy atom. The van der Waals surface area contributed by atoms with E-state index in [4.69, 9.17) is 0 Å². The molecule has 2 N–H and O–H groups in total. The molecule has 0 atom stereocenters. The van der Waals surface area contributed by atoms with Crippen LogP contribution in [-0.2, 0) is 19.9 Å². The smallest absolute Gasteiger partial charge is 0.333 e. The van der Waals surface area contributed by atoms with Gasteiger partial charge in [0.05, 0.1) is 4.92 Å². The highest BCUT2D eigenvalue weighted by Crippen LogP contribution is 2.28. The monoisotopic (exact) mass is 331 g/mol. The Morgan fingerprint density at radius 1 is 1.42 bits per heavy atom. The molecule has 0 bridgehead atoms. The van der Waals surface area contributed by atoms with Crippen molar-refractivity contribution >= 4 is 17.4 Å². The van der Waals surface area contributed by atoms with Crippen molar-refractivity contribution in [2.45, 2.75) is 19.8 Å². The zero-order valence-corrected chi connectivity index (χ0v) is 14.0. The summed E-state index contributed by atoms with van der Waals surface area (Å²) in [6.45, 7) is 2.34. The molecule has 0 saturated heterocycles. The number of anilines is 1. The van der Waals surface area contributed by atoms with Crippen LogP contribution in [-0.4, -0.2) is 34.2 Å². The zero-order valence-electron chi connectivity index (χ0n) is 14.0. The number of amides is 1. The minimum Gasteiger partial charge on any atom is -0.364 e. The maximum absolute atomic E-state index is 11.6. The van der Waals surface area contributed by atoms with Gasteiger partial charge < -0.3 is 10.6 Å². The molecule has 0 fully saturated rings. The first-order valence-electron chi connectivity index (χ1n) is 7.73. The fraction of sp³-hybridized carbons (Fsp3) is 0.375. The summed E-state index contributed by atoms with van der Waals surface area (Å²) in [5, 5.41) is 21.1. The van der Waals surface area contributed by atoms with Crippen LogP contribution >= 0.6 is 0 Å². The third-order valence-electron chi connectivity index (χ3n) is 3.73. The van der Waals surface area contributed by atoms with Gasteiger partial charge in [0.1, 0.15) is 5.69 Å². The average molecular weight is 331 g/mol. The molecule has 1 aromatic heterocycles. The summed E-state index contributed by atoms with van der Waals surface area (Å²) in [7, 11) is 3.27. The minimum atomic E-state index is -0.402. The molecule has 0 unspecified atom stereocenters. The van der Waals surface area contributed by atoms with Crippen LogP contribution < -0.4 is 10.6 Å². The maximum Gasteiger partial charge on any atom is 0.333 e. The molecule has 128 valence electrons. The molecule has 2 aromatic rings. The van der Waals surface area contributed by atoms with E-state index in [9.17, 15) is 14.9 Å². The largest absolute Gasteiger partial charge is 0.364 e. The van der Waals surface area contributed by atoms with Gasteiger partial charge in [0.15, 0.2) is 0 Å². The van der Waals surface area contributed by atoms with E-state index in [1.54, 1.807) is 20.2 Å². The van der Waals surface area contributed by atoms with Crippen molar-refractivity contribution in [3.8, 4) is 0 Å². The fourth-order valence-corrected chi connectivity index (χ4v) is 2.53. The number of nitrogens with zero attached hydrogens (tertiary/aromatic N) is 3. The van der Waals surface area contributed by atoms with E-state index in [0.29, 0.717) is 36.5 Å². The molecule has 0 aliphatic carbocycles. The van der Waals surface area contributed by atoms with Crippen molar-refractivity contribution in [1.29, 1.82) is 0 Å². The topological polar surface area (TPSA) is 102 Å².